The minimum atomic E-state index is -0.429. The van der Waals surface area contributed by atoms with Crippen molar-refractivity contribution in [2.45, 2.75) is 20.4 Å². The highest BCUT2D eigenvalue weighted by atomic mass is 16.6. The number of piperazine rings is 1. The number of aryl methyl sites for hydroxylation is 1. The van der Waals surface area contributed by atoms with Gasteiger partial charge < -0.3 is 10.0 Å². The molecule has 25 heavy (non-hydrogen) atoms. The first-order valence-electron chi connectivity index (χ1n) is 8.45. The van der Waals surface area contributed by atoms with Crippen molar-refractivity contribution < 1.29 is 10.0 Å². The molecule has 1 N–H and O–H groups in total. The third-order valence-corrected chi connectivity index (χ3v) is 4.96. The number of non-ortho nitro benzene ring substituents is 1. The van der Waals surface area contributed by atoms with Crippen LogP contribution in [-0.4, -0.2) is 41.1 Å². The highest BCUT2D eigenvalue weighted by Crippen LogP contribution is 2.27. The Balaban J connectivity index is 1.66. The van der Waals surface area contributed by atoms with E-state index in [1.165, 1.54) is 35.0 Å². The average Bonchev–Trinajstić information content (AvgIpc) is 2.60. The molecule has 1 aliphatic heterocycles. The van der Waals surface area contributed by atoms with E-state index in [-0.39, 0.29) is 11.4 Å². The van der Waals surface area contributed by atoms with Crippen molar-refractivity contribution in [3.63, 3.8) is 0 Å². The summed E-state index contributed by atoms with van der Waals surface area (Å²) in [5, 5.41) is 20.9. The van der Waals surface area contributed by atoms with E-state index >= 15 is 0 Å². The number of benzene rings is 2. The van der Waals surface area contributed by atoms with Gasteiger partial charge in [0.05, 0.1) is 4.92 Å². The zero-order valence-electron chi connectivity index (χ0n) is 14.6. The Morgan fingerprint density at radius 2 is 1.84 bits per heavy atom. The Morgan fingerprint density at radius 1 is 1.12 bits per heavy atom. The maximum atomic E-state index is 10.9. The number of anilines is 1. The summed E-state index contributed by atoms with van der Waals surface area (Å²) >= 11 is 0. The predicted molar refractivity (Wildman–Crippen MR) is 98.2 cm³/mol. The van der Waals surface area contributed by atoms with Crippen molar-refractivity contribution in [1.82, 2.24) is 4.90 Å². The SMILES string of the molecule is Cc1cccc(N2CCN(Cc3cc([N+](=O)[O-])ccc3O)CC2)c1C. The average molecular weight is 341 g/mol. The number of phenols is 1. The third-order valence-electron chi connectivity index (χ3n) is 4.96. The van der Waals surface area contributed by atoms with Crippen LogP contribution >= 0.6 is 0 Å². The monoisotopic (exact) mass is 341 g/mol. The van der Waals surface area contributed by atoms with Crippen molar-refractivity contribution in [2.24, 2.45) is 0 Å². The quantitative estimate of drug-likeness (QED) is 0.683. The van der Waals surface area contributed by atoms with Crippen molar-refractivity contribution in [3.8, 4) is 5.75 Å². The van der Waals surface area contributed by atoms with Gasteiger partial charge in [-0.15, -0.1) is 0 Å². The zero-order valence-corrected chi connectivity index (χ0v) is 14.6. The summed E-state index contributed by atoms with van der Waals surface area (Å²) < 4.78 is 0. The van der Waals surface area contributed by atoms with E-state index in [9.17, 15) is 15.2 Å². The lowest BCUT2D eigenvalue weighted by Crippen LogP contribution is -2.46. The third kappa shape index (κ3) is 3.74. The summed E-state index contributed by atoms with van der Waals surface area (Å²) in [6.45, 7) is 8.32. The number of nitro groups is 1. The topological polar surface area (TPSA) is 69.9 Å². The molecule has 132 valence electrons. The molecule has 2 aromatic rings. The molecule has 1 heterocycles. The first-order chi connectivity index (χ1) is 12.0. The lowest BCUT2D eigenvalue weighted by Gasteiger charge is -2.37. The summed E-state index contributed by atoms with van der Waals surface area (Å²) in [5.41, 5.74) is 4.50. The number of phenolic OH excluding ortho intramolecular Hbond substituents is 1. The van der Waals surface area contributed by atoms with Crippen LogP contribution in [0.2, 0.25) is 0 Å². The second kappa shape index (κ2) is 7.11. The van der Waals surface area contributed by atoms with E-state index in [4.69, 9.17) is 0 Å². The molecule has 6 heteroatoms. The van der Waals surface area contributed by atoms with Gasteiger partial charge in [0.1, 0.15) is 5.75 Å². The van der Waals surface area contributed by atoms with Gasteiger partial charge in [0.25, 0.3) is 5.69 Å². The van der Waals surface area contributed by atoms with Crippen LogP contribution in [-0.2, 0) is 6.54 Å². The standard InChI is InChI=1S/C19H23N3O3/c1-14-4-3-5-18(15(14)2)21-10-8-20(9-11-21)13-16-12-17(22(24)25)6-7-19(16)23/h3-7,12,23H,8-11,13H2,1-2H3. The molecule has 1 fully saturated rings. The van der Waals surface area contributed by atoms with Crippen LogP contribution in [0.1, 0.15) is 16.7 Å². The Morgan fingerprint density at radius 3 is 2.52 bits per heavy atom. The number of hydrogen-bond donors (Lipinski definition) is 1. The lowest BCUT2D eigenvalue weighted by molar-refractivity contribution is -0.385. The van der Waals surface area contributed by atoms with Crippen molar-refractivity contribution in [1.29, 1.82) is 0 Å². The summed E-state index contributed by atoms with van der Waals surface area (Å²) in [5.74, 6) is 0.113. The van der Waals surface area contributed by atoms with Crippen molar-refractivity contribution in [2.75, 3.05) is 31.1 Å². The molecular weight excluding hydrogens is 318 g/mol. The van der Waals surface area contributed by atoms with Gasteiger partial charge in [-0.3, -0.25) is 15.0 Å². The van der Waals surface area contributed by atoms with Gasteiger partial charge in [0.15, 0.2) is 0 Å². The first kappa shape index (κ1) is 17.2. The molecule has 0 bridgehead atoms. The van der Waals surface area contributed by atoms with Gasteiger partial charge in [-0.25, -0.2) is 0 Å². The Bertz CT molecular complexity index is 783. The van der Waals surface area contributed by atoms with E-state index in [1.807, 2.05) is 0 Å². The first-order valence-corrected chi connectivity index (χ1v) is 8.45. The molecule has 0 unspecified atom stereocenters. The van der Waals surface area contributed by atoms with E-state index < -0.39 is 4.92 Å². The smallest absolute Gasteiger partial charge is 0.270 e. The van der Waals surface area contributed by atoms with Gasteiger partial charge in [-0.05, 0) is 37.1 Å². The summed E-state index contributed by atoms with van der Waals surface area (Å²) in [6, 6.07) is 10.6. The second-order valence-electron chi connectivity index (χ2n) is 6.55. The highest BCUT2D eigenvalue weighted by molar-refractivity contribution is 5.56. The Labute approximate surface area is 147 Å². The van der Waals surface area contributed by atoms with Gasteiger partial charge >= 0.3 is 0 Å². The number of hydrogen-bond acceptors (Lipinski definition) is 5. The van der Waals surface area contributed by atoms with Crippen molar-refractivity contribution in [3.05, 3.63) is 63.2 Å². The largest absolute Gasteiger partial charge is 0.508 e. The number of nitro benzene ring substituents is 1. The van der Waals surface area contributed by atoms with E-state index in [1.54, 1.807) is 0 Å². The Hall–Kier alpha value is -2.60. The molecule has 0 amide bonds. The van der Waals surface area contributed by atoms with Gasteiger partial charge in [-0.1, -0.05) is 12.1 Å². The maximum Gasteiger partial charge on any atom is 0.270 e. The van der Waals surface area contributed by atoms with Crippen LogP contribution in [0.3, 0.4) is 0 Å². The Kier molecular flexibility index (Phi) is 4.90. The normalized spacial score (nSPS) is 15.4. The van der Waals surface area contributed by atoms with E-state index in [0.717, 1.165) is 26.2 Å². The molecule has 1 aliphatic rings. The minimum Gasteiger partial charge on any atom is -0.508 e. The molecule has 0 aromatic heterocycles. The summed E-state index contributed by atoms with van der Waals surface area (Å²) in [6.07, 6.45) is 0. The molecule has 0 atom stereocenters. The van der Waals surface area contributed by atoms with Gasteiger partial charge in [0, 0.05) is 56.1 Å². The fraction of sp³-hybridized carbons (Fsp3) is 0.368. The predicted octanol–water partition coefficient (Wildman–Crippen LogP) is 3.24. The molecular formula is C19H23N3O3. The van der Waals surface area contributed by atoms with E-state index in [2.05, 4.69) is 41.8 Å². The van der Waals surface area contributed by atoms with Crippen LogP contribution in [0.25, 0.3) is 0 Å². The van der Waals surface area contributed by atoms with Gasteiger partial charge in [0.2, 0.25) is 0 Å². The van der Waals surface area contributed by atoms with Gasteiger partial charge in [-0.2, -0.15) is 0 Å². The number of nitrogens with zero attached hydrogens (tertiary/aromatic N) is 3. The fourth-order valence-electron chi connectivity index (χ4n) is 3.28. The van der Waals surface area contributed by atoms with Crippen LogP contribution < -0.4 is 4.90 Å². The van der Waals surface area contributed by atoms with Crippen LogP contribution in [0.5, 0.6) is 5.75 Å². The molecule has 6 nitrogen and oxygen atoms in total. The molecule has 3 rings (SSSR count). The van der Waals surface area contributed by atoms with Crippen LogP contribution in [0.4, 0.5) is 11.4 Å². The van der Waals surface area contributed by atoms with Crippen molar-refractivity contribution >= 4 is 11.4 Å². The number of aromatic hydroxyl groups is 1. The maximum absolute atomic E-state index is 10.9. The van der Waals surface area contributed by atoms with Crippen LogP contribution in [0.15, 0.2) is 36.4 Å². The summed E-state index contributed by atoms with van der Waals surface area (Å²) in [7, 11) is 0. The highest BCUT2D eigenvalue weighted by Gasteiger charge is 2.20. The molecule has 2 aromatic carbocycles. The van der Waals surface area contributed by atoms with Crippen LogP contribution in [0, 0.1) is 24.0 Å². The minimum absolute atomic E-state index is 0.0156. The summed E-state index contributed by atoms with van der Waals surface area (Å²) in [4.78, 5) is 15.1. The second-order valence-corrected chi connectivity index (χ2v) is 6.55. The molecule has 0 aliphatic carbocycles. The van der Waals surface area contributed by atoms with E-state index in [0.29, 0.717) is 12.1 Å². The fourth-order valence-corrected chi connectivity index (χ4v) is 3.28. The molecule has 0 spiro atoms. The molecule has 1 saturated heterocycles. The molecule has 0 saturated carbocycles. The molecule has 0 radical (unpaired) electrons. The number of rotatable bonds is 4. The lowest BCUT2D eigenvalue weighted by atomic mass is 10.1. The zero-order chi connectivity index (χ0) is 18.0.